The first kappa shape index (κ1) is 13.9. The molecular weight excluding hydrogens is 275 g/mol. The van der Waals surface area contributed by atoms with E-state index in [0.717, 1.165) is 30.9 Å². The molecule has 2 aliphatic rings. The molecular formula is C15H19FN2OS. The maximum Gasteiger partial charge on any atom is 0.222 e. The lowest BCUT2D eigenvalue weighted by molar-refractivity contribution is -0.122. The van der Waals surface area contributed by atoms with E-state index in [1.807, 2.05) is 17.8 Å². The summed E-state index contributed by atoms with van der Waals surface area (Å²) in [5, 5.41) is 6.40. The first-order chi connectivity index (χ1) is 9.70. The van der Waals surface area contributed by atoms with Crippen LogP contribution in [0.15, 0.2) is 24.3 Å². The number of hydrogen-bond donors (Lipinski definition) is 2. The first-order valence-electron chi connectivity index (χ1n) is 7.07. The van der Waals surface area contributed by atoms with E-state index in [4.69, 9.17) is 0 Å². The van der Waals surface area contributed by atoms with Crippen LogP contribution < -0.4 is 10.6 Å². The molecule has 1 amide bonds. The van der Waals surface area contributed by atoms with Gasteiger partial charge in [0.05, 0.1) is 5.54 Å². The van der Waals surface area contributed by atoms with Crippen molar-refractivity contribution in [3.63, 3.8) is 0 Å². The van der Waals surface area contributed by atoms with Crippen molar-refractivity contribution >= 4 is 17.7 Å². The molecule has 3 nitrogen and oxygen atoms in total. The summed E-state index contributed by atoms with van der Waals surface area (Å²) < 4.78 is 13.9. The van der Waals surface area contributed by atoms with Crippen molar-refractivity contribution in [2.75, 3.05) is 18.1 Å². The van der Waals surface area contributed by atoms with E-state index in [1.165, 1.54) is 6.07 Å². The molecule has 0 radical (unpaired) electrons. The van der Waals surface area contributed by atoms with Crippen LogP contribution in [0.1, 0.15) is 24.8 Å². The molecule has 2 N–H and O–H groups in total. The maximum absolute atomic E-state index is 13.9. The summed E-state index contributed by atoms with van der Waals surface area (Å²) in [5.74, 6) is 1.87. The van der Waals surface area contributed by atoms with E-state index in [9.17, 15) is 9.18 Å². The summed E-state index contributed by atoms with van der Waals surface area (Å²) in [6, 6.07) is 6.98. The minimum Gasteiger partial charge on any atom is -0.346 e. The lowest BCUT2D eigenvalue weighted by Gasteiger charge is -2.24. The number of hydrogen-bond acceptors (Lipinski definition) is 3. The monoisotopic (exact) mass is 294 g/mol. The highest BCUT2D eigenvalue weighted by Crippen LogP contribution is 2.46. The summed E-state index contributed by atoms with van der Waals surface area (Å²) >= 11 is 1.87. The smallest absolute Gasteiger partial charge is 0.222 e. The zero-order chi connectivity index (χ0) is 14.0. The summed E-state index contributed by atoms with van der Waals surface area (Å²) in [6.45, 7) is 0.959. The number of nitrogens with one attached hydrogen (secondary N) is 2. The Hall–Kier alpha value is -1.07. The molecule has 20 heavy (non-hydrogen) atoms. The average Bonchev–Trinajstić information content (AvgIpc) is 3.20. The highest BCUT2D eigenvalue weighted by Gasteiger charge is 2.47. The topological polar surface area (TPSA) is 41.1 Å². The van der Waals surface area contributed by atoms with Crippen LogP contribution in [0.25, 0.3) is 0 Å². The van der Waals surface area contributed by atoms with E-state index in [0.29, 0.717) is 12.0 Å². The Labute approximate surface area is 122 Å². The predicted molar refractivity (Wildman–Crippen MR) is 79.2 cm³/mol. The Morgan fingerprint density at radius 3 is 2.90 bits per heavy atom. The van der Waals surface area contributed by atoms with Crippen molar-refractivity contribution in [3.05, 3.63) is 35.6 Å². The van der Waals surface area contributed by atoms with Gasteiger partial charge in [-0.1, -0.05) is 18.2 Å². The number of amides is 1. The van der Waals surface area contributed by atoms with E-state index >= 15 is 0 Å². The molecule has 0 bridgehead atoms. The lowest BCUT2D eigenvalue weighted by atomic mass is 10.0. The van der Waals surface area contributed by atoms with Gasteiger partial charge in [-0.15, -0.1) is 0 Å². The van der Waals surface area contributed by atoms with Crippen molar-refractivity contribution in [1.82, 2.24) is 10.6 Å². The minimum atomic E-state index is -0.454. The van der Waals surface area contributed by atoms with Crippen molar-refractivity contribution < 1.29 is 9.18 Å². The Balaban J connectivity index is 1.62. The third-order valence-electron chi connectivity index (χ3n) is 3.95. The molecule has 0 aromatic heterocycles. The number of carbonyl (C=O) groups is 1. The van der Waals surface area contributed by atoms with Gasteiger partial charge in [-0.3, -0.25) is 4.79 Å². The second-order valence-electron chi connectivity index (χ2n) is 5.54. The molecule has 1 aromatic carbocycles. The van der Waals surface area contributed by atoms with E-state index in [2.05, 4.69) is 10.6 Å². The van der Waals surface area contributed by atoms with Crippen LogP contribution >= 0.6 is 11.8 Å². The second kappa shape index (κ2) is 5.74. The molecule has 0 spiro atoms. The molecule has 1 unspecified atom stereocenters. The van der Waals surface area contributed by atoms with Crippen LogP contribution in [0, 0.1) is 5.82 Å². The molecule has 1 aromatic rings. The average molecular weight is 294 g/mol. The molecule has 1 saturated heterocycles. The fourth-order valence-electron chi connectivity index (χ4n) is 2.73. The molecule has 1 saturated carbocycles. The van der Waals surface area contributed by atoms with Crippen LogP contribution in [0.3, 0.4) is 0 Å². The normalized spacial score (nSPS) is 24.1. The van der Waals surface area contributed by atoms with Gasteiger partial charge in [0.1, 0.15) is 5.82 Å². The number of rotatable bonds is 4. The predicted octanol–water partition coefficient (Wildman–Crippen LogP) is 2.03. The van der Waals surface area contributed by atoms with Crippen molar-refractivity contribution in [2.24, 2.45) is 0 Å². The van der Waals surface area contributed by atoms with Gasteiger partial charge in [0, 0.05) is 36.1 Å². The molecule has 108 valence electrons. The summed E-state index contributed by atoms with van der Waals surface area (Å²) in [6.07, 6.45) is 2.13. The highest BCUT2D eigenvalue weighted by molar-refractivity contribution is 7.99. The van der Waals surface area contributed by atoms with Crippen LogP contribution in [0.2, 0.25) is 0 Å². The molecule has 2 fully saturated rings. The molecule has 1 atom stereocenters. The van der Waals surface area contributed by atoms with Gasteiger partial charge >= 0.3 is 0 Å². The van der Waals surface area contributed by atoms with E-state index in [-0.39, 0.29) is 17.8 Å². The quantitative estimate of drug-likeness (QED) is 0.893. The number of halogens is 1. The summed E-state index contributed by atoms with van der Waals surface area (Å²) in [7, 11) is 0. The number of thioether (sulfide) groups is 1. The summed E-state index contributed by atoms with van der Waals surface area (Å²) in [4.78, 5) is 12.2. The summed E-state index contributed by atoms with van der Waals surface area (Å²) in [5.41, 5.74) is 0.170. The van der Waals surface area contributed by atoms with Gasteiger partial charge in [0.15, 0.2) is 0 Å². The zero-order valence-corrected chi connectivity index (χ0v) is 12.1. The van der Waals surface area contributed by atoms with Crippen molar-refractivity contribution in [3.8, 4) is 0 Å². The third kappa shape index (κ3) is 2.99. The number of carbonyl (C=O) groups excluding carboxylic acids is 1. The Morgan fingerprint density at radius 1 is 1.45 bits per heavy atom. The highest BCUT2D eigenvalue weighted by atomic mass is 32.2. The standard InChI is InChI=1S/C15H19FN2OS/c16-13-4-2-1-3-12(13)15(5-6-15)18-14(19)9-11-10-20-8-7-17-11/h1-4,11,17H,5-10H2,(H,18,19). The van der Waals surface area contributed by atoms with Crippen LogP contribution in [0.5, 0.6) is 0 Å². The minimum absolute atomic E-state index is 0.0192. The van der Waals surface area contributed by atoms with Crippen molar-refractivity contribution in [1.29, 1.82) is 0 Å². The van der Waals surface area contributed by atoms with Gasteiger partial charge in [0.25, 0.3) is 0 Å². The Bertz CT molecular complexity index is 498. The van der Waals surface area contributed by atoms with E-state index in [1.54, 1.807) is 12.1 Å². The van der Waals surface area contributed by atoms with Crippen LogP contribution in [-0.4, -0.2) is 30.0 Å². The van der Waals surface area contributed by atoms with Gasteiger partial charge in [-0.2, -0.15) is 11.8 Å². The maximum atomic E-state index is 13.9. The third-order valence-corrected chi connectivity index (χ3v) is 5.08. The van der Waals surface area contributed by atoms with Gasteiger partial charge < -0.3 is 10.6 Å². The second-order valence-corrected chi connectivity index (χ2v) is 6.69. The molecule has 1 heterocycles. The Morgan fingerprint density at radius 2 is 2.25 bits per heavy atom. The first-order valence-corrected chi connectivity index (χ1v) is 8.22. The molecule has 3 rings (SSSR count). The Kier molecular flexibility index (Phi) is 3.98. The zero-order valence-electron chi connectivity index (χ0n) is 11.3. The largest absolute Gasteiger partial charge is 0.346 e. The molecule has 5 heteroatoms. The van der Waals surface area contributed by atoms with E-state index < -0.39 is 5.54 Å². The molecule has 1 aliphatic heterocycles. The van der Waals surface area contributed by atoms with Crippen molar-refractivity contribution in [2.45, 2.75) is 30.8 Å². The number of benzene rings is 1. The fraction of sp³-hybridized carbons (Fsp3) is 0.533. The van der Waals surface area contributed by atoms with Gasteiger partial charge in [-0.25, -0.2) is 4.39 Å². The fourth-order valence-corrected chi connectivity index (χ4v) is 3.68. The molecule has 1 aliphatic carbocycles. The van der Waals surface area contributed by atoms with Crippen LogP contribution in [0.4, 0.5) is 4.39 Å². The van der Waals surface area contributed by atoms with Gasteiger partial charge in [0.2, 0.25) is 5.91 Å². The lowest BCUT2D eigenvalue weighted by Crippen LogP contribution is -2.43. The van der Waals surface area contributed by atoms with Crippen LogP contribution in [-0.2, 0) is 10.3 Å². The van der Waals surface area contributed by atoms with Gasteiger partial charge in [-0.05, 0) is 18.9 Å². The SMILES string of the molecule is O=C(CC1CSCCN1)NC1(c2ccccc2F)CC1.